The van der Waals surface area contributed by atoms with Gasteiger partial charge in [-0.15, -0.1) is 0 Å². The minimum atomic E-state index is -0.0532. The number of aliphatic hydroxyl groups is 1. The third-order valence-electron chi connectivity index (χ3n) is 2.23. The van der Waals surface area contributed by atoms with Crippen molar-refractivity contribution in [2.24, 2.45) is 0 Å². The Bertz CT molecular complexity index is 728. The van der Waals surface area contributed by atoms with Crippen LogP contribution in [0.2, 0.25) is 0 Å². The molecule has 0 spiro atoms. The Labute approximate surface area is 190 Å². The lowest BCUT2D eigenvalue weighted by molar-refractivity contribution is -0.119. The first-order chi connectivity index (χ1) is 14.8. The van der Waals surface area contributed by atoms with Gasteiger partial charge in [-0.2, -0.15) is 0 Å². The van der Waals surface area contributed by atoms with Gasteiger partial charge in [-0.05, 0) is 32.9 Å². The summed E-state index contributed by atoms with van der Waals surface area (Å²) < 4.78 is 0. The number of nitrogens with one attached hydrogen (secondary N) is 3. The zero-order valence-corrected chi connectivity index (χ0v) is 20.0. The second-order valence-electron chi connectivity index (χ2n) is 5.94. The Kier molecular flexibility index (Phi) is 30.4. The normalized spacial score (nSPS) is 9.53. The molecule has 0 bridgehead atoms. The van der Waals surface area contributed by atoms with Gasteiger partial charge in [0.2, 0.25) is 17.4 Å². The van der Waals surface area contributed by atoms with Gasteiger partial charge in [0.25, 0.3) is 0 Å². The van der Waals surface area contributed by atoms with Crippen LogP contribution in [0, 0.1) is 0 Å². The summed E-state index contributed by atoms with van der Waals surface area (Å²) in [7, 11) is 3.20. The van der Waals surface area contributed by atoms with Crippen molar-refractivity contribution >= 4 is 23.4 Å². The van der Waals surface area contributed by atoms with E-state index < -0.39 is 0 Å². The van der Waals surface area contributed by atoms with Crippen molar-refractivity contribution < 1.29 is 24.3 Å². The number of aromatic nitrogens is 1. The van der Waals surface area contributed by atoms with Crippen LogP contribution in [0.3, 0.4) is 0 Å². The second kappa shape index (κ2) is 27.2. The quantitative estimate of drug-likeness (QED) is 0.446. The van der Waals surface area contributed by atoms with Gasteiger partial charge in [0, 0.05) is 46.6 Å². The highest BCUT2D eigenvalue weighted by atomic mass is 16.3. The Balaban J connectivity index is -0.000000150. The van der Waals surface area contributed by atoms with E-state index in [0.717, 1.165) is 0 Å². The highest BCUT2D eigenvalue weighted by Gasteiger charge is 1.92. The average molecular weight is 452 g/mol. The summed E-state index contributed by atoms with van der Waals surface area (Å²) in [6.07, 6.45) is 9.24. The fraction of sp³-hybridized carbons (Fsp3) is 0.348. The lowest BCUT2D eigenvalue weighted by Gasteiger charge is -1.88. The number of carbonyl (C=O) groups excluding carboxylic acids is 4. The number of amides is 2. The smallest absolute Gasteiger partial charge is 0.247 e. The van der Waals surface area contributed by atoms with Gasteiger partial charge < -0.3 is 25.5 Å². The largest absolute Gasteiger partial charge is 0.513 e. The van der Waals surface area contributed by atoms with Crippen LogP contribution in [0.25, 0.3) is 0 Å². The molecule has 0 saturated heterocycles. The molecule has 180 valence electrons. The van der Waals surface area contributed by atoms with Gasteiger partial charge >= 0.3 is 0 Å². The van der Waals surface area contributed by atoms with Gasteiger partial charge in [0.1, 0.15) is 5.78 Å². The first kappa shape index (κ1) is 35.7. The summed E-state index contributed by atoms with van der Waals surface area (Å²) in [6, 6.07) is 4.93. The lowest BCUT2D eigenvalue weighted by atomic mass is 10.2. The zero-order valence-electron chi connectivity index (χ0n) is 20.0. The monoisotopic (exact) mass is 451 g/mol. The molecule has 1 aromatic rings. The van der Waals surface area contributed by atoms with Crippen LogP contribution in [0.4, 0.5) is 0 Å². The molecule has 1 aliphatic rings. The lowest BCUT2D eigenvalue weighted by Crippen LogP contribution is -2.11. The van der Waals surface area contributed by atoms with Crippen molar-refractivity contribution in [1.82, 2.24) is 15.6 Å². The number of H-pyrrole nitrogens is 1. The van der Waals surface area contributed by atoms with Crippen molar-refractivity contribution in [2.75, 3.05) is 14.1 Å². The fourth-order valence-electron chi connectivity index (χ4n) is 0.871. The summed E-state index contributed by atoms with van der Waals surface area (Å²) in [4.78, 5) is 51.9. The third-order valence-corrected chi connectivity index (χ3v) is 2.23. The van der Waals surface area contributed by atoms with E-state index >= 15 is 0 Å². The van der Waals surface area contributed by atoms with E-state index in [0.29, 0.717) is 6.42 Å². The van der Waals surface area contributed by atoms with Gasteiger partial charge in [-0.1, -0.05) is 30.9 Å². The molecule has 1 aromatic heterocycles. The summed E-state index contributed by atoms with van der Waals surface area (Å²) in [6.45, 7) is 10.6. The summed E-state index contributed by atoms with van der Waals surface area (Å²) in [5.41, 5.74) is -0.0532. The van der Waals surface area contributed by atoms with Crippen molar-refractivity contribution in [3.63, 3.8) is 0 Å². The molecule has 0 aliphatic heterocycles. The Morgan fingerprint density at radius 1 is 0.938 bits per heavy atom. The number of ketones is 2. The topological polar surface area (TPSA) is 145 Å². The molecule has 2 amide bonds. The molecule has 0 fully saturated rings. The van der Waals surface area contributed by atoms with E-state index in [1.807, 2.05) is 12.2 Å². The van der Waals surface area contributed by atoms with Crippen molar-refractivity contribution in [3.05, 3.63) is 71.4 Å². The highest BCUT2D eigenvalue weighted by molar-refractivity contribution is 5.92. The Hall–Kier alpha value is -3.75. The first-order valence-electron chi connectivity index (χ1n) is 9.48. The van der Waals surface area contributed by atoms with Gasteiger partial charge in [0.15, 0.2) is 5.78 Å². The number of allylic oxidation sites excluding steroid dienone is 5. The number of aliphatic hydroxyl groups excluding tert-OH is 1. The van der Waals surface area contributed by atoms with Crippen LogP contribution in [0.15, 0.2) is 65.8 Å². The molecule has 0 radical (unpaired) electrons. The molecule has 9 heteroatoms. The molecule has 0 aromatic carbocycles. The number of hydrogen-bond donors (Lipinski definition) is 4. The van der Waals surface area contributed by atoms with Crippen molar-refractivity contribution in [1.29, 1.82) is 0 Å². The maximum atomic E-state index is 10.3. The SMILES string of the molecule is C=C(C)O.CC(C)=O.CNC(C)=O.CNC(C)=O.O=C1C=CC=CC1.O=c1cccc[nH]1. The molecule has 2 rings (SSSR count). The number of rotatable bonds is 0. The van der Waals surface area contributed by atoms with Crippen LogP contribution < -0.4 is 16.2 Å². The van der Waals surface area contributed by atoms with Gasteiger partial charge in [-0.3, -0.25) is 19.2 Å². The Morgan fingerprint density at radius 3 is 1.47 bits per heavy atom. The van der Waals surface area contributed by atoms with Crippen LogP contribution in [-0.4, -0.2) is 47.6 Å². The van der Waals surface area contributed by atoms with Crippen LogP contribution in [-0.2, 0) is 19.2 Å². The fourth-order valence-corrected chi connectivity index (χ4v) is 0.871. The number of aromatic amines is 1. The minimum Gasteiger partial charge on any atom is -0.513 e. The van der Waals surface area contributed by atoms with Crippen LogP contribution in [0.5, 0.6) is 0 Å². The predicted octanol–water partition coefficient (Wildman–Crippen LogP) is 2.62. The standard InChI is InChI=1S/C6H6O.C5H5NO.2C3H7NO.2C3H6O/c7-6-4-2-1-3-5-6;7-5-3-1-2-4-6-5;2*1-3(5)4-2;2*1-3(2)4/h1-4H,5H2;1-4H,(H,6,7);2*1-2H3,(H,4,5);1-2H3;4H,1H2,2H3. The number of pyridine rings is 1. The maximum Gasteiger partial charge on any atom is 0.247 e. The molecule has 0 atom stereocenters. The number of carbonyl (C=O) groups is 4. The average Bonchev–Trinajstić information content (AvgIpc) is 2.69. The molecule has 0 saturated carbocycles. The minimum absolute atomic E-state index is 0.00463. The maximum absolute atomic E-state index is 10.3. The molecule has 4 N–H and O–H groups in total. The predicted molar refractivity (Wildman–Crippen MR) is 128 cm³/mol. The molecule has 1 aliphatic carbocycles. The summed E-state index contributed by atoms with van der Waals surface area (Å²) in [5, 5.41) is 12.6. The third kappa shape index (κ3) is 63.4. The van der Waals surface area contributed by atoms with Crippen LogP contribution in [0.1, 0.15) is 41.0 Å². The van der Waals surface area contributed by atoms with Crippen LogP contribution >= 0.6 is 0 Å². The molecule has 1 heterocycles. The Morgan fingerprint density at radius 2 is 1.34 bits per heavy atom. The molecule has 0 unspecified atom stereocenters. The van der Waals surface area contributed by atoms with E-state index in [4.69, 9.17) is 5.11 Å². The van der Waals surface area contributed by atoms with E-state index in [9.17, 15) is 24.0 Å². The molecule has 32 heavy (non-hydrogen) atoms. The van der Waals surface area contributed by atoms with Gasteiger partial charge in [0.05, 0.1) is 5.76 Å². The summed E-state index contributed by atoms with van der Waals surface area (Å²) in [5.74, 6) is 0.539. The molecular weight excluding hydrogens is 414 g/mol. The number of hydrogen-bond acceptors (Lipinski definition) is 6. The first-order valence-corrected chi connectivity index (χ1v) is 9.48. The molecular formula is C23H37N3O6. The van der Waals surface area contributed by atoms with E-state index in [-0.39, 0.29) is 34.7 Å². The van der Waals surface area contributed by atoms with E-state index in [2.05, 4.69) is 22.2 Å². The highest BCUT2D eigenvalue weighted by Crippen LogP contribution is 1.94. The number of Topliss-reactive ketones (excluding diaryl/α,β-unsaturated/α-hetero) is 1. The summed E-state index contributed by atoms with van der Waals surface area (Å²) >= 11 is 0. The van der Waals surface area contributed by atoms with E-state index in [1.165, 1.54) is 40.7 Å². The van der Waals surface area contributed by atoms with Gasteiger partial charge in [-0.25, -0.2) is 0 Å². The van der Waals surface area contributed by atoms with Crippen molar-refractivity contribution in [3.8, 4) is 0 Å². The van der Waals surface area contributed by atoms with Crippen molar-refractivity contribution in [2.45, 2.75) is 41.0 Å². The zero-order chi connectivity index (χ0) is 25.9. The van der Waals surface area contributed by atoms with E-state index in [1.54, 1.807) is 44.6 Å². The second-order valence-corrected chi connectivity index (χ2v) is 5.94. The molecule has 9 nitrogen and oxygen atoms in total.